The largest absolute Gasteiger partial charge is 0.465 e. The van der Waals surface area contributed by atoms with Gasteiger partial charge < -0.3 is 13.9 Å². The van der Waals surface area contributed by atoms with Crippen molar-refractivity contribution in [2.24, 2.45) is 0 Å². The minimum absolute atomic E-state index is 0.182. The number of ether oxygens (including phenoxy) is 2. The first kappa shape index (κ1) is 14.8. The van der Waals surface area contributed by atoms with E-state index >= 15 is 0 Å². The van der Waals surface area contributed by atoms with Gasteiger partial charge in [-0.3, -0.25) is 0 Å². The van der Waals surface area contributed by atoms with Gasteiger partial charge in [0.05, 0.1) is 12.7 Å². The number of aromatic nitrogens is 2. The fourth-order valence-electron chi connectivity index (χ4n) is 2.13. The second-order valence-corrected chi connectivity index (χ2v) is 4.86. The molecule has 6 nitrogen and oxygen atoms in total. The average Bonchev–Trinajstić information content (AvgIpc) is 3.03. The molecule has 0 saturated heterocycles. The van der Waals surface area contributed by atoms with Gasteiger partial charge in [-0.25, -0.2) is 14.6 Å². The molecule has 0 unspecified atom stereocenters. The Morgan fingerprint density at radius 1 is 1.04 bits per heavy atom. The lowest BCUT2D eigenvalue weighted by Crippen LogP contribution is -2.05. The fraction of sp³-hybridized carbons (Fsp3) is 0.118. The van der Waals surface area contributed by atoms with Gasteiger partial charge in [0.15, 0.2) is 5.69 Å². The van der Waals surface area contributed by atoms with Crippen molar-refractivity contribution in [1.82, 2.24) is 9.38 Å². The maximum atomic E-state index is 12.1. The molecular weight excluding hydrogens is 296 g/mol. The number of methoxy groups -OCH3 is 1. The molecule has 0 bridgehead atoms. The van der Waals surface area contributed by atoms with Gasteiger partial charge in [-0.2, -0.15) is 0 Å². The van der Waals surface area contributed by atoms with E-state index in [-0.39, 0.29) is 12.3 Å². The number of benzene rings is 1. The lowest BCUT2D eigenvalue weighted by Gasteiger charge is -2.02. The van der Waals surface area contributed by atoms with Crippen molar-refractivity contribution in [2.75, 3.05) is 7.11 Å². The van der Waals surface area contributed by atoms with Gasteiger partial charge >= 0.3 is 11.9 Å². The molecule has 1 aromatic carbocycles. The molecule has 3 aromatic rings. The van der Waals surface area contributed by atoms with Crippen LogP contribution in [0, 0.1) is 0 Å². The molecule has 0 saturated carbocycles. The Kier molecular flexibility index (Phi) is 4.05. The van der Waals surface area contributed by atoms with Crippen molar-refractivity contribution in [2.45, 2.75) is 6.61 Å². The average molecular weight is 310 g/mol. The molecule has 0 aliphatic carbocycles. The maximum absolute atomic E-state index is 12.1. The van der Waals surface area contributed by atoms with Gasteiger partial charge in [0.1, 0.15) is 12.3 Å². The van der Waals surface area contributed by atoms with Crippen molar-refractivity contribution in [3.63, 3.8) is 0 Å². The van der Waals surface area contributed by atoms with E-state index in [9.17, 15) is 9.59 Å². The zero-order valence-electron chi connectivity index (χ0n) is 12.4. The molecule has 23 heavy (non-hydrogen) atoms. The van der Waals surface area contributed by atoms with Crippen LogP contribution in [0.4, 0.5) is 0 Å². The number of imidazole rings is 1. The van der Waals surface area contributed by atoms with Crippen molar-refractivity contribution >= 4 is 17.6 Å². The van der Waals surface area contributed by atoms with Gasteiger partial charge in [-0.1, -0.05) is 30.3 Å². The minimum Gasteiger partial charge on any atom is -0.465 e. The van der Waals surface area contributed by atoms with Crippen LogP contribution in [0.25, 0.3) is 5.65 Å². The number of hydrogen-bond acceptors (Lipinski definition) is 5. The van der Waals surface area contributed by atoms with Crippen molar-refractivity contribution < 1.29 is 19.1 Å². The predicted molar refractivity (Wildman–Crippen MR) is 82.1 cm³/mol. The summed E-state index contributed by atoms with van der Waals surface area (Å²) in [7, 11) is 1.31. The van der Waals surface area contributed by atoms with Crippen molar-refractivity contribution in [1.29, 1.82) is 0 Å². The molecular formula is C17H14N2O4. The first-order valence-electron chi connectivity index (χ1n) is 6.95. The SMILES string of the molecule is COC(=O)c1ccc2nc(C(=O)OCc3ccccc3)cn2c1. The third-order valence-corrected chi connectivity index (χ3v) is 3.29. The Morgan fingerprint density at radius 2 is 1.83 bits per heavy atom. The molecule has 0 spiro atoms. The summed E-state index contributed by atoms with van der Waals surface area (Å²) >= 11 is 0. The molecule has 2 heterocycles. The maximum Gasteiger partial charge on any atom is 0.358 e. The Hall–Kier alpha value is -3.15. The summed E-state index contributed by atoms with van der Waals surface area (Å²) < 4.78 is 11.5. The smallest absolute Gasteiger partial charge is 0.358 e. The number of carbonyl (C=O) groups excluding carboxylic acids is 2. The van der Waals surface area contributed by atoms with E-state index in [0.717, 1.165) is 5.56 Å². The Balaban J connectivity index is 1.77. The van der Waals surface area contributed by atoms with E-state index in [2.05, 4.69) is 9.72 Å². The standard InChI is InChI=1S/C17H14N2O4/c1-22-16(20)13-7-8-15-18-14(10-19(15)9-13)17(21)23-11-12-5-3-2-4-6-12/h2-10H,11H2,1H3. The van der Waals surface area contributed by atoms with E-state index in [1.54, 1.807) is 22.7 Å². The van der Waals surface area contributed by atoms with Gasteiger partial charge in [0, 0.05) is 12.4 Å². The highest BCUT2D eigenvalue weighted by Crippen LogP contribution is 2.11. The van der Waals surface area contributed by atoms with Crippen LogP contribution in [0.2, 0.25) is 0 Å². The quantitative estimate of drug-likeness (QED) is 0.692. The summed E-state index contributed by atoms with van der Waals surface area (Å²) in [5.41, 5.74) is 2.01. The first-order chi connectivity index (χ1) is 11.2. The molecule has 2 aromatic heterocycles. The van der Waals surface area contributed by atoms with Crippen LogP contribution in [-0.4, -0.2) is 28.4 Å². The van der Waals surface area contributed by atoms with Gasteiger partial charge in [-0.15, -0.1) is 0 Å². The molecule has 0 aliphatic heterocycles. The molecule has 0 amide bonds. The highest BCUT2D eigenvalue weighted by atomic mass is 16.5. The van der Waals surface area contributed by atoms with E-state index in [4.69, 9.17) is 4.74 Å². The summed E-state index contributed by atoms with van der Waals surface area (Å²) in [6, 6.07) is 12.6. The Labute approximate surface area is 132 Å². The zero-order valence-corrected chi connectivity index (χ0v) is 12.4. The van der Waals surface area contributed by atoms with E-state index in [0.29, 0.717) is 11.2 Å². The molecule has 0 N–H and O–H groups in total. The van der Waals surface area contributed by atoms with Crippen LogP contribution >= 0.6 is 0 Å². The minimum atomic E-state index is -0.517. The molecule has 0 atom stereocenters. The number of nitrogens with zero attached hydrogens (tertiary/aromatic N) is 2. The summed E-state index contributed by atoms with van der Waals surface area (Å²) in [6.45, 7) is 0.182. The second-order valence-electron chi connectivity index (χ2n) is 4.86. The predicted octanol–water partition coefficient (Wildman–Crippen LogP) is 2.48. The lowest BCUT2D eigenvalue weighted by molar-refractivity contribution is 0.0466. The van der Waals surface area contributed by atoms with Gasteiger partial charge in [-0.05, 0) is 17.7 Å². The number of pyridine rings is 1. The first-order valence-corrected chi connectivity index (χ1v) is 6.95. The van der Waals surface area contributed by atoms with Crippen molar-refractivity contribution in [3.8, 4) is 0 Å². The summed E-state index contributed by atoms with van der Waals surface area (Å²) in [4.78, 5) is 27.8. The summed E-state index contributed by atoms with van der Waals surface area (Å²) in [6.07, 6.45) is 3.08. The van der Waals surface area contributed by atoms with Gasteiger partial charge in [0.25, 0.3) is 0 Å². The molecule has 116 valence electrons. The van der Waals surface area contributed by atoms with E-state index in [1.807, 2.05) is 30.3 Å². The molecule has 0 aliphatic rings. The lowest BCUT2D eigenvalue weighted by atomic mass is 10.2. The number of esters is 2. The molecule has 3 rings (SSSR count). The van der Waals surface area contributed by atoms with Crippen LogP contribution in [-0.2, 0) is 16.1 Å². The van der Waals surface area contributed by atoms with E-state index < -0.39 is 11.9 Å². The Morgan fingerprint density at radius 3 is 2.57 bits per heavy atom. The van der Waals surface area contributed by atoms with Gasteiger partial charge in [0.2, 0.25) is 0 Å². The number of hydrogen-bond donors (Lipinski definition) is 0. The van der Waals surface area contributed by atoms with Crippen LogP contribution < -0.4 is 0 Å². The highest BCUT2D eigenvalue weighted by Gasteiger charge is 2.14. The highest BCUT2D eigenvalue weighted by molar-refractivity contribution is 5.90. The molecule has 6 heteroatoms. The van der Waals surface area contributed by atoms with Crippen LogP contribution in [0.15, 0.2) is 54.9 Å². The van der Waals surface area contributed by atoms with Crippen LogP contribution in [0.3, 0.4) is 0 Å². The molecule has 0 fully saturated rings. The third-order valence-electron chi connectivity index (χ3n) is 3.29. The van der Waals surface area contributed by atoms with Crippen LogP contribution in [0.5, 0.6) is 0 Å². The third kappa shape index (κ3) is 3.21. The second kappa shape index (κ2) is 6.31. The van der Waals surface area contributed by atoms with Crippen molar-refractivity contribution in [3.05, 3.63) is 71.7 Å². The topological polar surface area (TPSA) is 69.9 Å². The van der Waals surface area contributed by atoms with E-state index in [1.165, 1.54) is 13.3 Å². The normalized spacial score (nSPS) is 10.5. The monoisotopic (exact) mass is 310 g/mol. The fourth-order valence-corrected chi connectivity index (χ4v) is 2.13. The van der Waals surface area contributed by atoms with Crippen LogP contribution in [0.1, 0.15) is 26.4 Å². The number of fused-ring (bicyclic) bond motifs is 1. The zero-order chi connectivity index (χ0) is 16.2. The number of rotatable bonds is 4. The summed E-state index contributed by atoms with van der Waals surface area (Å²) in [5, 5.41) is 0. The summed E-state index contributed by atoms with van der Waals surface area (Å²) in [5.74, 6) is -0.967. The number of carbonyl (C=O) groups is 2. The molecule has 0 radical (unpaired) electrons. The Bertz CT molecular complexity index is 855.